The van der Waals surface area contributed by atoms with Gasteiger partial charge in [-0.15, -0.1) is 0 Å². The van der Waals surface area contributed by atoms with Crippen LogP contribution in [0.25, 0.3) is 100 Å². The minimum Gasteiger partial charge on any atom is -0.247 e. The third kappa shape index (κ3) is 5.88. The normalized spacial score (nSPS) is 11.4. The van der Waals surface area contributed by atoms with E-state index in [0.29, 0.717) is 5.82 Å². The first kappa shape index (κ1) is 32.3. The molecule has 0 unspecified atom stereocenters. The summed E-state index contributed by atoms with van der Waals surface area (Å²) in [7, 11) is 0. The molecule has 0 saturated carbocycles. The molecule has 0 fully saturated rings. The summed E-state index contributed by atoms with van der Waals surface area (Å²) in [5.74, 6) is 0.692. The van der Waals surface area contributed by atoms with Crippen molar-refractivity contribution in [1.82, 2.24) is 24.9 Å². The Morgan fingerprint density at radius 3 is 1.40 bits per heavy atom. The smallest absolute Gasteiger partial charge is 0.160 e. The molecule has 10 aromatic rings. The highest BCUT2D eigenvalue weighted by Gasteiger charge is 2.21. The number of benzene rings is 7. The maximum absolute atomic E-state index is 5.49. The minimum absolute atomic E-state index is 0.692. The van der Waals surface area contributed by atoms with E-state index in [1.165, 1.54) is 0 Å². The van der Waals surface area contributed by atoms with Gasteiger partial charge in [0.2, 0.25) is 0 Å². The topological polar surface area (TPSA) is 64.5 Å². The van der Waals surface area contributed by atoms with Crippen LogP contribution in [0.5, 0.6) is 0 Å². The van der Waals surface area contributed by atoms with Gasteiger partial charge in [-0.1, -0.05) is 164 Å². The van der Waals surface area contributed by atoms with Crippen LogP contribution in [0.1, 0.15) is 5.56 Å². The maximum atomic E-state index is 5.49. The van der Waals surface area contributed by atoms with Gasteiger partial charge in [0.05, 0.1) is 45.0 Å². The molecule has 0 saturated heterocycles. The number of aromatic nitrogens is 5. The molecule has 0 N–H and O–H groups in total. The van der Waals surface area contributed by atoms with Crippen LogP contribution in [0.2, 0.25) is 0 Å². The third-order valence-electron chi connectivity index (χ3n) is 10.2. The molecule has 0 atom stereocenters. The van der Waals surface area contributed by atoms with E-state index in [9.17, 15) is 0 Å². The quantitative estimate of drug-likeness (QED) is 0.161. The lowest BCUT2D eigenvalue weighted by Gasteiger charge is -2.17. The van der Waals surface area contributed by atoms with Crippen molar-refractivity contribution >= 4 is 32.7 Å². The average molecular weight is 704 g/mol. The van der Waals surface area contributed by atoms with E-state index in [2.05, 4.69) is 122 Å². The number of fused-ring (bicyclic) bond motifs is 5. The van der Waals surface area contributed by atoms with Gasteiger partial charge in [0.25, 0.3) is 0 Å². The Kier molecular flexibility index (Phi) is 7.96. The van der Waals surface area contributed by atoms with Crippen LogP contribution in [-0.2, 0) is 0 Å². The van der Waals surface area contributed by atoms with Crippen LogP contribution in [0.15, 0.2) is 182 Å². The summed E-state index contributed by atoms with van der Waals surface area (Å²) in [5, 5.41) is 3.18. The molecule has 10 rings (SSSR count). The van der Waals surface area contributed by atoms with Crippen LogP contribution >= 0.6 is 0 Å². The first-order valence-electron chi connectivity index (χ1n) is 18.4. The van der Waals surface area contributed by atoms with Crippen molar-refractivity contribution in [3.05, 3.63) is 188 Å². The summed E-state index contributed by atoms with van der Waals surface area (Å²) in [4.78, 5) is 26.2. The van der Waals surface area contributed by atoms with E-state index in [1.807, 2.05) is 66.7 Å². The zero-order chi connectivity index (χ0) is 36.7. The van der Waals surface area contributed by atoms with Crippen molar-refractivity contribution in [2.75, 3.05) is 0 Å². The van der Waals surface area contributed by atoms with Gasteiger partial charge in [0.1, 0.15) is 0 Å². The summed E-state index contributed by atoms with van der Waals surface area (Å²) in [6, 6.07) is 62.3. The van der Waals surface area contributed by atoms with E-state index in [0.717, 1.165) is 100 Å². The Balaban J connectivity index is 1.17. The summed E-state index contributed by atoms with van der Waals surface area (Å²) < 4.78 is 0. The third-order valence-corrected chi connectivity index (χ3v) is 10.2. The van der Waals surface area contributed by atoms with Crippen molar-refractivity contribution in [2.45, 2.75) is 6.92 Å². The van der Waals surface area contributed by atoms with Crippen molar-refractivity contribution in [3.8, 4) is 67.7 Å². The fourth-order valence-electron chi connectivity index (χ4n) is 7.52. The highest BCUT2D eigenvalue weighted by Crippen LogP contribution is 2.41. The van der Waals surface area contributed by atoms with E-state index < -0.39 is 0 Å². The largest absolute Gasteiger partial charge is 0.247 e. The summed E-state index contributed by atoms with van der Waals surface area (Å²) >= 11 is 0. The second-order valence-electron chi connectivity index (χ2n) is 13.7. The molecule has 0 aliphatic heterocycles. The first-order chi connectivity index (χ1) is 27.2. The number of hydrogen-bond acceptors (Lipinski definition) is 5. The van der Waals surface area contributed by atoms with Crippen LogP contribution in [0.3, 0.4) is 0 Å². The number of rotatable bonds is 6. The van der Waals surface area contributed by atoms with Crippen LogP contribution < -0.4 is 0 Å². The first-order valence-corrected chi connectivity index (χ1v) is 18.4. The van der Waals surface area contributed by atoms with E-state index in [4.69, 9.17) is 24.9 Å². The SMILES string of the molecule is Cc1cc2nc(-c3ccccc3)c(-c3ccccc3)nc2c2c1c(-c1ccc(-c3cc(-c4ccccc4)nc(-c4ccccc4)n3)cc1)nc1ccccc12. The molecular formula is C50H33N5. The minimum atomic E-state index is 0.692. The molecule has 0 aliphatic carbocycles. The fraction of sp³-hybridized carbons (Fsp3) is 0.0200. The second-order valence-corrected chi connectivity index (χ2v) is 13.7. The Labute approximate surface area is 318 Å². The molecule has 7 aromatic carbocycles. The van der Waals surface area contributed by atoms with Crippen molar-refractivity contribution in [1.29, 1.82) is 0 Å². The van der Waals surface area contributed by atoms with E-state index in [1.54, 1.807) is 0 Å². The Morgan fingerprint density at radius 2 is 0.782 bits per heavy atom. The van der Waals surface area contributed by atoms with E-state index in [-0.39, 0.29) is 0 Å². The van der Waals surface area contributed by atoms with Gasteiger partial charge in [0, 0.05) is 49.5 Å². The van der Waals surface area contributed by atoms with Crippen molar-refractivity contribution < 1.29 is 0 Å². The zero-order valence-electron chi connectivity index (χ0n) is 30.1. The van der Waals surface area contributed by atoms with Gasteiger partial charge < -0.3 is 0 Å². The van der Waals surface area contributed by atoms with Crippen LogP contribution in [0.4, 0.5) is 0 Å². The molecule has 0 radical (unpaired) electrons. The summed E-state index contributed by atoms with van der Waals surface area (Å²) in [6.45, 7) is 2.15. The molecular weight excluding hydrogens is 671 g/mol. The Morgan fingerprint density at radius 1 is 0.327 bits per heavy atom. The molecule has 5 nitrogen and oxygen atoms in total. The van der Waals surface area contributed by atoms with Gasteiger partial charge in [-0.2, -0.15) is 0 Å². The fourth-order valence-corrected chi connectivity index (χ4v) is 7.52. The lowest BCUT2D eigenvalue weighted by molar-refractivity contribution is 1.18. The predicted molar refractivity (Wildman–Crippen MR) is 225 cm³/mol. The molecule has 5 heteroatoms. The lowest BCUT2D eigenvalue weighted by atomic mass is 9.94. The number of aryl methyl sites for hydroxylation is 1. The number of para-hydroxylation sites is 1. The standard InChI is InChI=1S/C50H33N5/c1-32-30-43-49(55-48(36-20-10-4-11-21-36)47(52-43)35-18-8-3-9-19-35)45-39-24-14-15-25-40(39)51-46(44(32)45)37-28-26-34(27-29-37)42-31-41(33-16-6-2-7-17-33)53-50(54-42)38-22-12-5-13-23-38/h2-31H,1H3. The van der Waals surface area contributed by atoms with Gasteiger partial charge in [0.15, 0.2) is 5.82 Å². The lowest BCUT2D eigenvalue weighted by Crippen LogP contribution is -1.99. The summed E-state index contributed by atoms with van der Waals surface area (Å²) in [5.41, 5.74) is 14.2. The van der Waals surface area contributed by atoms with Crippen molar-refractivity contribution in [3.63, 3.8) is 0 Å². The second kappa shape index (κ2) is 13.6. The maximum Gasteiger partial charge on any atom is 0.160 e. The molecule has 0 bridgehead atoms. The molecule has 258 valence electrons. The molecule has 0 aliphatic rings. The van der Waals surface area contributed by atoms with Crippen molar-refractivity contribution in [2.24, 2.45) is 0 Å². The number of nitrogens with zero attached hydrogens (tertiary/aromatic N) is 5. The average Bonchev–Trinajstić information content (AvgIpc) is 3.26. The van der Waals surface area contributed by atoms with Crippen LogP contribution in [0, 0.1) is 6.92 Å². The van der Waals surface area contributed by atoms with Gasteiger partial charge in [-0.25, -0.2) is 24.9 Å². The predicted octanol–water partition coefficient (Wildman–Crippen LogP) is 12.4. The van der Waals surface area contributed by atoms with Gasteiger partial charge >= 0.3 is 0 Å². The molecule has 0 amide bonds. The highest BCUT2D eigenvalue weighted by molar-refractivity contribution is 6.22. The molecule has 55 heavy (non-hydrogen) atoms. The number of hydrogen-bond donors (Lipinski definition) is 0. The molecule has 3 heterocycles. The number of pyridine rings is 1. The van der Waals surface area contributed by atoms with Gasteiger partial charge in [-0.3, -0.25) is 0 Å². The molecule has 3 aromatic heterocycles. The molecule has 0 spiro atoms. The van der Waals surface area contributed by atoms with Crippen LogP contribution in [-0.4, -0.2) is 24.9 Å². The Hall–Kier alpha value is -7.37. The summed E-state index contributed by atoms with van der Waals surface area (Å²) in [6.07, 6.45) is 0. The monoisotopic (exact) mass is 703 g/mol. The highest BCUT2D eigenvalue weighted by atomic mass is 14.9. The van der Waals surface area contributed by atoms with E-state index >= 15 is 0 Å². The zero-order valence-corrected chi connectivity index (χ0v) is 30.1. The Bertz CT molecular complexity index is 2950. The van der Waals surface area contributed by atoms with Gasteiger partial charge in [-0.05, 0) is 30.7 Å².